The van der Waals surface area contributed by atoms with Crippen LogP contribution in [0.5, 0.6) is 0 Å². The number of amides is 1. The molecule has 1 atom stereocenters. The Kier molecular flexibility index (Phi) is 4.99. The molecule has 1 unspecified atom stereocenters. The first-order chi connectivity index (χ1) is 11.8. The zero-order valence-corrected chi connectivity index (χ0v) is 15.8. The molecule has 1 N–H and O–H groups in total. The van der Waals surface area contributed by atoms with Crippen molar-refractivity contribution >= 4 is 5.91 Å². The van der Waals surface area contributed by atoms with E-state index in [1.165, 1.54) is 22.3 Å². The molecule has 2 heteroatoms. The van der Waals surface area contributed by atoms with Crippen molar-refractivity contribution in [3.05, 3.63) is 59.7 Å². The van der Waals surface area contributed by atoms with Crippen molar-refractivity contribution in [2.45, 2.75) is 58.4 Å². The highest BCUT2D eigenvalue weighted by Crippen LogP contribution is 2.29. The highest BCUT2D eigenvalue weighted by Gasteiger charge is 2.30. The zero-order chi connectivity index (χ0) is 18.0. The Bertz CT molecular complexity index is 718. The third kappa shape index (κ3) is 4.72. The van der Waals surface area contributed by atoms with Gasteiger partial charge in [0, 0.05) is 12.0 Å². The van der Waals surface area contributed by atoms with E-state index in [1.54, 1.807) is 0 Å². The van der Waals surface area contributed by atoms with E-state index in [2.05, 4.69) is 81.5 Å². The maximum absolute atomic E-state index is 11.8. The van der Waals surface area contributed by atoms with E-state index in [1.807, 2.05) is 0 Å². The second-order valence-corrected chi connectivity index (χ2v) is 8.41. The van der Waals surface area contributed by atoms with Crippen LogP contribution in [-0.4, -0.2) is 11.9 Å². The van der Waals surface area contributed by atoms with E-state index in [4.69, 9.17) is 0 Å². The Hall–Kier alpha value is -2.09. The third-order valence-corrected chi connectivity index (χ3v) is 4.92. The summed E-state index contributed by atoms with van der Waals surface area (Å²) in [6.07, 6.45) is 2.99. The number of benzene rings is 2. The highest BCUT2D eigenvalue weighted by atomic mass is 16.2. The molecule has 1 aliphatic carbocycles. The van der Waals surface area contributed by atoms with Gasteiger partial charge in [-0.1, -0.05) is 69.3 Å². The van der Waals surface area contributed by atoms with Gasteiger partial charge in [0.25, 0.3) is 0 Å². The first-order valence-corrected chi connectivity index (χ1v) is 9.33. The van der Waals surface area contributed by atoms with Crippen molar-refractivity contribution < 1.29 is 4.79 Å². The zero-order valence-electron chi connectivity index (χ0n) is 15.8. The summed E-state index contributed by atoms with van der Waals surface area (Å²) in [6.45, 7) is 8.79. The fraction of sp³-hybridized carbons (Fsp3) is 0.435. The van der Waals surface area contributed by atoms with Gasteiger partial charge in [0.2, 0.25) is 5.91 Å². The van der Waals surface area contributed by atoms with E-state index < -0.39 is 0 Å². The molecule has 1 saturated carbocycles. The summed E-state index contributed by atoms with van der Waals surface area (Å²) < 4.78 is 0. The van der Waals surface area contributed by atoms with Gasteiger partial charge in [0.1, 0.15) is 0 Å². The quantitative estimate of drug-likeness (QED) is 0.808. The number of hydrogen-bond acceptors (Lipinski definition) is 1. The molecule has 2 aromatic carbocycles. The summed E-state index contributed by atoms with van der Waals surface area (Å²) in [5.41, 5.74) is 5.28. The van der Waals surface area contributed by atoms with Crippen LogP contribution in [0.1, 0.15) is 51.7 Å². The van der Waals surface area contributed by atoms with Crippen LogP contribution in [0.2, 0.25) is 0 Å². The minimum Gasteiger partial charge on any atom is -0.353 e. The highest BCUT2D eigenvalue weighted by molar-refractivity contribution is 5.81. The van der Waals surface area contributed by atoms with Gasteiger partial charge in [-0.2, -0.15) is 0 Å². The average molecular weight is 335 g/mol. The second-order valence-electron chi connectivity index (χ2n) is 8.41. The van der Waals surface area contributed by atoms with Crippen molar-refractivity contribution in [2.24, 2.45) is 5.92 Å². The molecule has 0 aliphatic heterocycles. The molecule has 0 heterocycles. The van der Waals surface area contributed by atoms with E-state index in [9.17, 15) is 4.79 Å². The molecule has 0 aromatic heterocycles. The molecule has 1 fully saturated rings. The molecule has 1 amide bonds. The summed E-state index contributed by atoms with van der Waals surface area (Å²) in [7, 11) is 0. The normalized spacial score (nSPS) is 15.7. The summed E-state index contributed by atoms with van der Waals surface area (Å²) in [6, 6.07) is 17.7. The maximum atomic E-state index is 11.8. The molecule has 0 bridgehead atoms. The van der Waals surface area contributed by atoms with Crippen LogP contribution in [0.3, 0.4) is 0 Å². The number of hydrogen-bond donors (Lipinski definition) is 1. The van der Waals surface area contributed by atoms with Gasteiger partial charge in [-0.05, 0) is 53.9 Å². The molecule has 0 radical (unpaired) electrons. The van der Waals surface area contributed by atoms with E-state index in [0.29, 0.717) is 0 Å². The Labute approximate surface area is 151 Å². The van der Waals surface area contributed by atoms with Crippen molar-refractivity contribution in [2.75, 3.05) is 0 Å². The van der Waals surface area contributed by atoms with Crippen LogP contribution in [0.4, 0.5) is 0 Å². The summed E-state index contributed by atoms with van der Waals surface area (Å²) >= 11 is 0. The van der Waals surface area contributed by atoms with E-state index in [0.717, 1.165) is 19.3 Å². The van der Waals surface area contributed by atoms with Crippen LogP contribution in [-0.2, 0) is 16.6 Å². The van der Waals surface area contributed by atoms with Gasteiger partial charge >= 0.3 is 0 Å². The molecule has 3 rings (SSSR count). The summed E-state index contributed by atoms with van der Waals surface area (Å²) in [5, 5.41) is 3.12. The molecule has 0 spiro atoms. The molecule has 2 aromatic rings. The van der Waals surface area contributed by atoms with Crippen molar-refractivity contribution in [1.29, 1.82) is 0 Å². The van der Waals surface area contributed by atoms with Crippen molar-refractivity contribution in [3.8, 4) is 11.1 Å². The number of rotatable bonds is 5. The molecule has 2 nitrogen and oxygen atoms in total. The predicted octanol–water partition coefficient (Wildman–Crippen LogP) is 5.11. The molecule has 132 valence electrons. The molecular formula is C23H29NO. The lowest BCUT2D eigenvalue weighted by atomic mass is 9.86. The SMILES string of the molecule is CC(Cc1ccc(-c2ccc(C(C)(C)C)cc2)cc1)NC(=O)C1CC1. The van der Waals surface area contributed by atoms with Crippen LogP contribution in [0.15, 0.2) is 48.5 Å². The number of nitrogens with one attached hydrogen (secondary N) is 1. The van der Waals surface area contributed by atoms with Gasteiger partial charge < -0.3 is 5.32 Å². The van der Waals surface area contributed by atoms with Crippen molar-refractivity contribution in [3.63, 3.8) is 0 Å². The predicted molar refractivity (Wildman–Crippen MR) is 105 cm³/mol. The average Bonchev–Trinajstić information content (AvgIpc) is 3.40. The topological polar surface area (TPSA) is 29.1 Å². The maximum Gasteiger partial charge on any atom is 0.223 e. The Morgan fingerprint density at radius 2 is 1.52 bits per heavy atom. The van der Waals surface area contributed by atoms with Crippen LogP contribution >= 0.6 is 0 Å². The standard InChI is InChI=1S/C23H29NO/c1-16(24-22(25)20-9-10-20)15-17-5-7-18(8-6-17)19-11-13-21(14-12-19)23(2,3)4/h5-8,11-14,16,20H,9-10,15H2,1-4H3,(H,24,25). The van der Waals surface area contributed by atoms with Gasteiger partial charge in [0.15, 0.2) is 0 Å². The van der Waals surface area contributed by atoms with Gasteiger partial charge in [-0.15, -0.1) is 0 Å². The van der Waals surface area contributed by atoms with Crippen LogP contribution in [0, 0.1) is 5.92 Å². The number of carbonyl (C=O) groups is 1. The smallest absolute Gasteiger partial charge is 0.223 e. The first kappa shape index (κ1) is 17.7. The minimum absolute atomic E-state index is 0.184. The molecular weight excluding hydrogens is 306 g/mol. The largest absolute Gasteiger partial charge is 0.353 e. The monoisotopic (exact) mass is 335 g/mol. The van der Waals surface area contributed by atoms with Crippen LogP contribution in [0.25, 0.3) is 11.1 Å². The van der Waals surface area contributed by atoms with E-state index in [-0.39, 0.29) is 23.3 Å². The number of carbonyl (C=O) groups excluding carboxylic acids is 1. The van der Waals surface area contributed by atoms with E-state index >= 15 is 0 Å². The van der Waals surface area contributed by atoms with Gasteiger partial charge in [-0.25, -0.2) is 0 Å². The second kappa shape index (κ2) is 7.03. The van der Waals surface area contributed by atoms with Crippen LogP contribution < -0.4 is 5.32 Å². The summed E-state index contributed by atoms with van der Waals surface area (Å²) in [4.78, 5) is 11.8. The molecule has 1 aliphatic rings. The lowest BCUT2D eigenvalue weighted by molar-refractivity contribution is -0.122. The third-order valence-electron chi connectivity index (χ3n) is 4.92. The Morgan fingerprint density at radius 1 is 1.00 bits per heavy atom. The minimum atomic E-state index is 0.184. The lowest BCUT2D eigenvalue weighted by Crippen LogP contribution is -2.35. The fourth-order valence-corrected chi connectivity index (χ4v) is 3.11. The fourth-order valence-electron chi connectivity index (χ4n) is 3.11. The molecule has 0 saturated heterocycles. The Morgan fingerprint density at radius 3 is 2.00 bits per heavy atom. The summed E-state index contributed by atoms with van der Waals surface area (Å²) in [5.74, 6) is 0.504. The van der Waals surface area contributed by atoms with Crippen molar-refractivity contribution in [1.82, 2.24) is 5.32 Å². The van der Waals surface area contributed by atoms with Gasteiger partial charge in [-0.3, -0.25) is 4.79 Å². The first-order valence-electron chi connectivity index (χ1n) is 9.33. The Balaban J connectivity index is 1.62. The van der Waals surface area contributed by atoms with Gasteiger partial charge in [0.05, 0.1) is 0 Å². The lowest BCUT2D eigenvalue weighted by Gasteiger charge is -2.19. The molecule has 25 heavy (non-hydrogen) atoms.